The van der Waals surface area contributed by atoms with Crippen molar-refractivity contribution in [3.8, 4) is 11.4 Å². The van der Waals surface area contributed by atoms with Gasteiger partial charge in [0.2, 0.25) is 0 Å². The van der Waals surface area contributed by atoms with Crippen LogP contribution in [0, 0.1) is 6.92 Å². The van der Waals surface area contributed by atoms with Gasteiger partial charge in [0.25, 0.3) is 0 Å². The molecule has 0 aromatic carbocycles. The highest BCUT2D eigenvalue weighted by Gasteiger charge is 2.04. The molecule has 17 heavy (non-hydrogen) atoms. The summed E-state index contributed by atoms with van der Waals surface area (Å²) in [5, 5.41) is 3.27. The standard InChI is InChI=1S/C13H16N4/c1-3-14-9-12-8-10(2)16-13(17-12)11-4-6-15-7-5-11/h4-8,14H,3,9H2,1-2H3. The van der Waals surface area contributed by atoms with E-state index in [1.165, 1.54) is 0 Å². The van der Waals surface area contributed by atoms with E-state index >= 15 is 0 Å². The minimum absolute atomic E-state index is 0.764. The number of aromatic nitrogens is 3. The molecule has 0 saturated heterocycles. The highest BCUT2D eigenvalue weighted by atomic mass is 14.9. The van der Waals surface area contributed by atoms with E-state index in [-0.39, 0.29) is 0 Å². The minimum atomic E-state index is 0.764. The van der Waals surface area contributed by atoms with Crippen LogP contribution in [0.5, 0.6) is 0 Å². The average molecular weight is 228 g/mol. The van der Waals surface area contributed by atoms with Crippen LogP contribution in [0.3, 0.4) is 0 Å². The third-order valence-corrected chi connectivity index (χ3v) is 2.40. The molecule has 4 nitrogen and oxygen atoms in total. The molecule has 4 heteroatoms. The molecule has 0 fully saturated rings. The van der Waals surface area contributed by atoms with Crippen LogP contribution in [0.4, 0.5) is 0 Å². The first-order chi connectivity index (χ1) is 8.29. The van der Waals surface area contributed by atoms with E-state index in [4.69, 9.17) is 0 Å². The Hall–Kier alpha value is -1.81. The zero-order chi connectivity index (χ0) is 12.1. The summed E-state index contributed by atoms with van der Waals surface area (Å²) in [6, 6.07) is 5.85. The molecule has 88 valence electrons. The maximum absolute atomic E-state index is 4.54. The largest absolute Gasteiger partial charge is 0.311 e. The van der Waals surface area contributed by atoms with E-state index in [0.29, 0.717) is 0 Å². The fourth-order valence-corrected chi connectivity index (χ4v) is 1.61. The van der Waals surface area contributed by atoms with Crippen molar-refractivity contribution in [2.45, 2.75) is 20.4 Å². The lowest BCUT2D eigenvalue weighted by Gasteiger charge is -2.06. The van der Waals surface area contributed by atoms with Crippen LogP contribution in [-0.2, 0) is 6.54 Å². The Morgan fingerprint density at radius 2 is 1.94 bits per heavy atom. The van der Waals surface area contributed by atoms with Crippen LogP contribution < -0.4 is 5.32 Å². The summed E-state index contributed by atoms with van der Waals surface area (Å²) in [6.45, 7) is 5.78. The Balaban J connectivity index is 2.32. The van der Waals surface area contributed by atoms with Crippen LogP contribution >= 0.6 is 0 Å². The molecule has 0 atom stereocenters. The summed E-state index contributed by atoms with van der Waals surface area (Å²) in [5.74, 6) is 0.764. The van der Waals surface area contributed by atoms with Crippen molar-refractivity contribution in [3.05, 3.63) is 42.0 Å². The second-order valence-electron chi connectivity index (χ2n) is 3.84. The monoisotopic (exact) mass is 228 g/mol. The summed E-state index contributed by atoms with van der Waals surface area (Å²) in [5.41, 5.74) is 3.01. The first-order valence-electron chi connectivity index (χ1n) is 5.75. The molecular weight excluding hydrogens is 212 g/mol. The smallest absolute Gasteiger partial charge is 0.159 e. The maximum Gasteiger partial charge on any atom is 0.159 e. The molecule has 0 unspecified atom stereocenters. The third kappa shape index (κ3) is 3.07. The van der Waals surface area contributed by atoms with Gasteiger partial charge in [0.15, 0.2) is 5.82 Å². The zero-order valence-corrected chi connectivity index (χ0v) is 10.1. The van der Waals surface area contributed by atoms with Gasteiger partial charge in [-0.25, -0.2) is 9.97 Å². The second-order valence-corrected chi connectivity index (χ2v) is 3.84. The lowest BCUT2D eigenvalue weighted by atomic mass is 10.2. The molecule has 2 aromatic rings. The first kappa shape index (κ1) is 11.7. The highest BCUT2D eigenvalue weighted by molar-refractivity contribution is 5.53. The van der Waals surface area contributed by atoms with Gasteiger partial charge in [-0.1, -0.05) is 6.92 Å². The minimum Gasteiger partial charge on any atom is -0.311 e. The molecule has 0 aliphatic rings. The first-order valence-corrected chi connectivity index (χ1v) is 5.75. The van der Waals surface area contributed by atoms with Gasteiger partial charge in [-0.15, -0.1) is 0 Å². The van der Waals surface area contributed by atoms with Crippen molar-refractivity contribution in [3.63, 3.8) is 0 Å². The van der Waals surface area contributed by atoms with Gasteiger partial charge < -0.3 is 5.32 Å². The average Bonchev–Trinajstić information content (AvgIpc) is 2.37. The van der Waals surface area contributed by atoms with Gasteiger partial charge in [-0.2, -0.15) is 0 Å². The van der Waals surface area contributed by atoms with E-state index in [9.17, 15) is 0 Å². The second kappa shape index (κ2) is 5.50. The molecule has 0 aliphatic carbocycles. The van der Waals surface area contributed by atoms with Crippen LogP contribution in [0.1, 0.15) is 18.3 Å². The van der Waals surface area contributed by atoms with Crippen molar-refractivity contribution < 1.29 is 0 Å². The zero-order valence-electron chi connectivity index (χ0n) is 10.1. The Kier molecular flexibility index (Phi) is 3.77. The van der Waals surface area contributed by atoms with Crippen LogP contribution in [0.15, 0.2) is 30.6 Å². The third-order valence-electron chi connectivity index (χ3n) is 2.40. The number of aryl methyl sites for hydroxylation is 1. The van der Waals surface area contributed by atoms with Gasteiger partial charge >= 0.3 is 0 Å². The van der Waals surface area contributed by atoms with E-state index < -0.39 is 0 Å². The Bertz CT molecular complexity index is 482. The summed E-state index contributed by atoms with van der Waals surface area (Å²) >= 11 is 0. The normalized spacial score (nSPS) is 10.5. The molecule has 0 bridgehead atoms. The predicted octanol–water partition coefficient (Wildman–Crippen LogP) is 1.96. The molecule has 1 N–H and O–H groups in total. The fourth-order valence-electron chi connectivity index (χ4n) is 1.61. The van der Waals surface area contributed by atoms with E-state index in [0.717, 1.165) is 35.9 Å². The summed E-state index contributed by atoms with van der Waals surface area (Å²) < 4.78 is 0. The topological polar surface area (TPSA) is 50.7 Å². The number of pyridine rings is 1. The predicted molar refractivity (Wildman–Crippen MR) is 67.4 cm³/mol. The summed E-state index contributed by atoms with van der Waals surface area (Å²) in [7, 11) is 0. The van der Waals surface area contributed by atoms with Crippen molar-refractivity contribution in [1.29, 1.82) is 0 Å². The molecule has 2 rings (SSSR count). The molecular formula is C13H16N4. The summed E-state index contributed by atoms with van der Waals surface area (Å²) in [6.07, 6.45) is 3.51. The van der Waals surface area contributed by atoms with E-state index in [1.54, 1.807) is 12.4 Å². The number of hydrogen-bond donors (Lipinski definition) is 1. The Morgan fingerprint density at radius 1 is 1.18 bits per heavy atom. The number of rotatable bonds is 4. The van der Waals surface area contributed by atoms with Crippen LogP contribution in [0.2, 0.25) is 0 Å². The molecule has 0 aliphatic heterocycles. The van der Waals surface area contributed by atoms with Crippen molar-refractivity contribution >= 4 is 0 Å². The molecule has 0 radical (unpaired) electrons. The van der Waals surface area contributed by atoms with Crippen LogP contribution in [-0.4, -0.2) is 21.5 Å². The lowest BCUT2D eigenvalue weighted by Crippen LogP contribution is -2.13. The van der Waals surface area contributed by atoms with Gasteiger partial charge in [0.05, 0.1) is 5.69 Å². The summed E-state index contributed by atoms with van der Waals surface area (Å²) in [4.78, 5) is 13.0. The van der Waals surface area contributed by atoms with Crippen molar-refractivity contribution in [1.82, 2.24) is 20.3 Å². The molecule has 2 aromatic heterocycles. The number of nitrogens with one attached hydrogen (secondary N) is 1. The van der Waals surface area contributed by atoms with Crippen LogP contribution in [0.25, 0.3) is 11.4 Å². The number of hydrogen-bond acceptors (Lipinski definition) is 4. The molecule has 0 saturated carbocycles. The maximum atomic E-state index is 4.54. The molecule has 0 spiro atoms. The van der Waals surface area contributed by atoms with E-state index in [2.05, 4.69) is 27.2 Å². The van der Waals surface area contributed by atoms with Gasteiger partial charge in [0, 0.05) is 30.2 Å². The van der Waals surface area contributed by atoms with Gasteiger partial charge in [-0.3, -0.25) is 4.98 Å². The Labute approximate surface area is 101 Å². The SMILES string of the molecule is CCNCc1cc(C)nc(-c2ccncc2)n1. The van der Waals surface area contributed by atoms with Gasteiger partial charge in [-0.05, 0) is 31.7 Å². The highest BCUT2D eigenvalue weighted by Crippen LogP contribution is 2.14. The number of nitrogens with zero attached hydrogens (tertiary/aromatic N) is 3. The molecule has 2 heterocycles. The fraction of sp³-hybridized carbons (Fsp3) is 0.308. The van der Waals surface area contributed by atoms with Gasteiger partial charge in [0.1, 0.15) is 0 Å². The van der Waals surface area contributed by atoms with E-state index in [1.807, 2.05) is 25.1 Å². The van der Waals surface area contributed by atoms with Crippen molar-refractivity contribution in [2.75, 3.05) is 6.54 Å². The van der Waals surface area contributed by atoms with Crippen molar-refractivity contribution in [2.24, 2.45) is 0 Å². The Morgan fingerprint density at radius 3 is 2.65 bits per heavy atom. The molecule has 0 amide bonds. The quantitative estimate of drug-likeness (QED) is 0.869. The lowest BCUT2D eigenvalue weighted by molar-refractivity contribution is 0.708.